The van der Waals surface area contributed by atoms with Gasteiger partial charge in [0.15, 0.2) is 0 Å². The number of nitrogens with zero attached hydrogens (tertiary/aromatic N) is 2. The van der Waals surface area contributed by atoms with Gasteiger partial charge in [-0.25, -0.2) is 0 Å². The molecule has 3 N–H and O–H groups in total. The van der Waals surface area contributed by atoms with Gasteiger partial charge < -0.3 is 16.0 Å². The maximum Gasteiger partial charge on any atom is 0.235 e. The third kappa shape index (κ3) is 6.31. The van der Waals surface area contributed by atoms with E-state index >= 15 is 0 Å². The predicted octanol–water partition coefficient (Wildman–Crippen LogP) is 0.409. The smallest absolute Gasteiger partial charge is 0.235 e. The number of hydrogen-bond acceptors (Lipinski definition) is 4. The van der Waals surface area contributed by atoms with Crippen molar-refractivity contribution in [2.75, 3.05) is 26.7 Å². The fourth-order valence-corrected chi connectivity index (χ4v) is 1.83. The highest BCUT2D eigenvalue weighted by molar-refractivity contribution is 5.80. The Balaban J connectivity index is 2.35. The van der Waals surface area contributed by atoms with E-state index in [-0.39, 0.29) is 11.9 Å². The Hall–Kier alpha value is -1.46. The van der Waals surface area contributed by atoms with Crippen LogP contribution in [0.2, 0.25) is 0 Å². The van der Waals surface area contributed by atoms with Crippen LogP contribution >= 0.6 is 0 Å². The highest BCUT2D eigenvalue weighted by Gasteiger charge is 2.16. The Labute approximate surface area is 115 Å². The maximum atomic E-state index is 11.3. The minimum atomic E-state index is -0.293. The molecule has 1 aromatic heterocycles. The SMILES string of the molecule is CCCNC(CN(C)CCc1ccccn1)C(N)=O. The van der Waals surface area contributed by atoms with E-state index in [0.717, 1.165) is 31.6 Å². The molecule has 0 bridgehead atoms. The number of rotatable bonds is 9. The molecule has 0 spiro atoms. The molecule has 0 aliphatic heterocycles. The van der Waals surface area contributed by atoms with Crippen LogP contribution in [0.3, 0.4) is 0 Å². The minimum Gasteiger partial charge on any atom is -0.368 e. The number of nitrogens with two attached hydrogens (primary N) is 1. The van der Waals surface area contributed by atoms with Crippen molar-refractivity contribution in [1.82, 2.24) is 15.2 Å². The first kappa shape index (κ1) is 15.6. The molecule has 0 aliphatic carbocycles. The molecule has 0 fully saturated rings. The van der Waals surface area contributed by atoms with Crippen LogP contribution in [0.15, 0.2) is 24.4 Å². The summed E-state index contributed by atoms with van der Waals surface area (Å²) >= 11 is 0. The number of likely N-dealkylation sites (N-methyl/N-ethyl adjacent to an activating group) is 1. The highest BCUT2D eigenvalue weighted by Crippen LogP contribution is 1.97. The minimum absolute atomic E-state index is 0.284. The lowest BCUT2D eigenvalue weighted by Crippen LogP contribution is -2.48. The third-order valence-corrected chi connectivity index (χ3v) is 2.95. The molecular formula is C14H24N4O. The van der Waals surface area contributed by atoms with Crippen molar-refractivity contribution in [3.05, 3.63) is 30.1 Å². The molecule has 0 saturated carbocycles. The molecule has 0 aliphatic rings. The van der Waals surface area contributed by atoms with E-state index in [9.17, 15) is 4.79 Å². The summed E-state index contributed by atoms with van der Waals surface area (Å²) < 4.78 is 0. The standard InChI is InChI=1S/C14H24N4O/c1-3-8-17-13(14(15)19)11-18(2)10-7-12-6-4-5-9-16-12/h4-6,9,13,17H,3,7-8,10-11H2,1-2H3,(H2,15,19). The fourth-order valence-electron chi connectivity index (χ4n) is 1.83. The lowest BCUT2D eigenvalue weighted by atomic mass is 10.2. The van der Waals surface area contributed by atoms with Crippen LogP contribution in [-0.4, -0.2) is 48.5 Å². The van der Waals surface area contributed by atoms with E-state index < -0.39 is 0 Å². The molecule has 1 atom stereocenters. The molecule has 0 radical (unpaired) electrons. The van der Waals surface area contributed by atoms with Crippen molar-refractivity contribution >= 4 is 5.91 Å². The lowest BCUT2D eigenvalue weighted by Gasteiger charge is -2.22. The largest absolute Gasteiger partial charge is 0.368 e. The number of primary amides is 1. The molecule has 5 nitrogen and oxygen atoms in total. The number of pyridine rings is 1. The molecule has 1 rings (SSSR count). The summed E-state index contributed by atoms with van der Waals surface area (Å²) in [5.74, 6) is -0.293. The quantitative estimate of drug-likeness (QED) is 0.677. The summed E-state index contributed by atoms with van der Waals surface area (Å²) in [6, 6.07) is 5.62. The molecule has 0 saturated heterocycles. The van der Waals surface area contributed by atoms with Crippen LogP contribution < -0.4 is 11.1 Å². The molecule has 5 heteroatoms. The van der Waals surface area contributed by atoms with Crippen molar-refractivity contribution in [2.24, 2.45) is 5.73 Å². The van der Waals surface area contributed by atoms with E-state index in [4.69, 9.17) is 5.73 Å². The molecule has 19 heavy (non-hydrogen) atoms. The third-order valence-electron chi connectivity index (χ3n) is 2.95. The molecular weight excluding hydrogens is 240 g/mol. The fraction of sp³-hybridized carbons (Fsp3) is 0.571. The topological polar surface area (TPSA) is 71.2 Å². The zero-order chi connectivity index (χ0) is 14.1. The zero-order valence-electron chi connectivity index (χ0n) is 11.8. The van der Waals surface area contributed by atoms with Gasteiger partial charge in [0, 0.05) is 31.4 Å². The molecule has 0 aromatic carbocycles. The number of hydrogen-bond donors (Lipinski definition) is 2. The average molecular weight is 264 g/mol. The first-order valence-corrected chi connectivity index (χ1v) is 6.74. The van der Waals surface area contributed by atoms with Crippen molar-refractivity contribution in [1.29, 1.82) is 0 Å². The summed E-state index contributed by atoms with van der Waals surface area (Å²) in [6.45, 7) is 4.36. The normalized spacial score (nSPS) is 12.6. The number of nitrogens with one attached hydrogen (secondary N) is 1. The second-order valence-electron chi connectivity index (χ2n) is 4.74. The summed E-state index contributed by atoms with van der Waals surface area (Å²) in [5.41, 5.74) is 6.45. The van der Waals surface area contributed by atoms with Crippen molar-refractivity contribution in [2.45, 2.75) is 25.8 Å². The van der Waals surface area contributed by atoms with Crippen molar-refractivity contribution in [3.63, 3.8) is 0 Å². The van der Waals surface area contributed by atoms with Gasteiger partial charge >= 0.3 is 0 Å². The summed E-state index contributed by atoms with van der Waals surface area (Å²) in [4.78, 5) is 17.7. The number of amides is 1. The highest BCUT2D eigenvalue weighted by atomic mass is 16.1. The Bertz CT molecular complexity index is 369. The Morgan fingerprint density at radius 2 is 2.32 bits per heavy atom. The van der Waals surface area contributed by atoms with Crippen LogP contribution in [0.5, 0.6) is 0 Å². The Morgan fingerprint density at radius 1 is 1.53 bits per heavy atom. The Morgan fingerprint density at radius 3 is 2.89 bits per heavy atom. The van der Waals surface area contributed by atoms with Gasteiger partial charge in [-0.2, -0.15) is 0 Å². The van der Waals surface area contributed by atoms with E-state index in [1.54, 1.807) is 6.20 Å². The molecule has 1 amide bonds. The second-order valence-corrected chi connectivity index (χ2v) is 4.74. The first-order chi connectivity index (χ1) is 9.13. The average Bonchev–Trinajstić information content (AvgIpc) is 2.42. The summed E-state index contributed by atoms with van der Waals surface area (Å²) in [7, 11) is 1.99. The maximum absolute atomic E-state index is 11.3. The van der Waals surface area contributed by atoms with Crippen LogP contribution in [0.4, 0.5) is 0 Å². The predicted molar refractivity (Wildman–Crippen MR) is 76.7 cm³/mol. The molecule has 1 heterocycles. The second kappa shape index (κ2) is 8.61. The summed E-state index contributed by atoms with van der Waals surface area (Å²) in [6.07, 6.45) is 3.66. The molecule has 1 unspecified atom stereocenters. The van der Waals surface area contributed by atoms with Crippen LogP contribution in [-0.2, 0) is 11.2 Å². The van der Waals surface area contributed by atoms with E-state index in [1.165, 1.54) is 0 Å². The number of carbonyl (C=O) groups excluding carboxylic acids is 1. The Kier molecular flexibility index (Phi) is 7.07. The number of aromatic nitrogens is 1. The van der Waals surface area contributed by atoms with Gasteiger partial charge in [-0.05, 0) is 32.1 Å². The van der Waals surface area contributed by atoms with Crippen molar-refractivity contribution < 1.29 is 4.79 Å². The van der Waals surface area contributed by atoms with Crippen LogP contribution in [0.1, 0.15) is 19.0 Å². The first-order valence-electron chi connectivity index (χ1n) is 6.74. The monoisotopic (exact) mass is 264 g/mol. The van der Waals surface area contributed by atoms with E-state index in [0.29, 0.717) is 6.54 Å². The summed E-state index contributed by atoms with van der Waals surface area (Å²) in [5, 5.41) is 3.17. The van der Waals surface area contributed by atoms with Crippen LogP contribution in [0.25, 0.3) is 0 Å². The van der Waals surface area contributed by atoms with Gasteiger partial charge in [0.25, 0.3) is 0 Å². The zero-order valence-corrected chi connectivity index (χ0v) is 11.8. The van der Waals surface area contributed by atoms with Gasteiger partial charge in [-0.15, -0.1) is 0 Å². The van der Waals surface area contributed by atoms with Gasteiger partial charge in [-0.3, -0.25) is 9.78 Å². The van der Waals surface area contributed by atoms with E-state index in [2.05, 4.69) is 22.1 Å². The lowest BCUT2D eigenvalue weighted by molar-refractivity contribution is -0.120. The number of carbonyl (C=O) groups is 1. The van der Waals surface area contributed by atoms with Crippen molar-refractivity contribution in [3.8, 4) is 0 Å². The van der Waals surface area contributed by atoms with Gasteiger partial charge in [-0.1, -0.05) is 13.0 Å². The van der Waals surface area contributed by atoms with Crippen LogP contribution in [0, 0.1) is 0 Å². The molecule has 106 valence electrons. The molecule has 1 aromatic rings. The van der Waals surface area contributed by atoms with E-state index in [1.807, 2.05) is 25.2 Å². The van der Waals surface area contributed by atoms with Gasteiger partial charge in [0.05, 0.1) is 6.04 Å². The van der Waals surface area contributed by atoms with Gasteiger partial charge in [0.1, 0.15) is 0 Å². The van der Waals surface area contributed by atoms with Gasteiger partial charge in [0.2, 0.25) is 5.91 Å².